The van der Waals surface area contributed by atoms with Gasteiger partial charge in [-0.05, 0) is 61.7 Å². The van der Waals surface area contributed by atoms with Crippen molar-refractivity contribution in [3.8, 4) is 0 Å². The van der Waals surface area contributed by atoms with Crippen molar-refractivity contribution in [3.05, 3.63) is 76.7 Å². The molecule has 1 saturated carbocycles. The van der Waals surface area contributed by atoms with E-state index in [0.29, 0.717) is 26.8 Å². The summed E-state index contributed by atoms with van der Waals surface area (Å²) in [5.74, 6) is -0.436. The summed E-state index contributed by atoms with van der Waals surface area (Å²) in [5.41, 5.74) is 2.63. The van der Waals surface area contributed by atoms with Crippen LogP contribution in [0.15, 0.2) is 60.7 Å². The van der Waals surface area contributed by atoms with Gasteiger partial charge in [0.1, 0.15) is 0 Å². The van der Waals surface area contributed by atoms with E-state index in [1.54, 1.807) is 36.4 Å². The summed E-state index contributed by atoms with van der Waals surface area (Å²) >= 11 is 1.17. The van der Waals surface area contributed by atoms with E-state index in [1.807, 2.05) is 31.2 Å². The third kappa shape index (κ3) is 5.49. The van der Waals surface area contributed by atoms with Gasteiger partial charge in [-0.1, -0.05) is 24.3 Å². The maximum absolute atomic E-state index is 12.7. The van der Waals surface area contributed by atoms with Crippen molar-refractivity contribution in [2.24, 2.45) is 0 Å². The van der Waals surface area contributed by atoms with Crippen LogP contribution in [0.3, 0.4) is 0 Å². The lowest BCUT2D eigenvalue weighted by Crippen LogP contribution is -2.25. The number of rotatable bonds is 6. The number of carbonyl (C=O) groups is 3. The van der Waals surface area contributed by atoms with Crippen LogP contribution in [0.5, 0.6) is 0 Å². The lowest BCUT2D eigenvalue weighted by molar-refractivity contribution is 0.0949. The highest BCUT2D eigenvalue weighted by molar-refractivity contribution is 7.18. The van der Waals surface area contributed by atoms with Crippen LogP contribution >= 0.6 is 11.3 Å². The quantitative estimate of drug-likeness (QED) is 0.446. The first-order chi connectivity index (χ1) is 15.0. The molecule has 0 radical (unpaired) electrons. The Labute approximate surface area is 183 Å². The van der Waals surface area contributed by atoms with Gasteiger partial charge < -0.3 is 16.0 Å². The zero-order chi connectivity index (χ0) is 21.8. The number of hydrogen-bond acceptors (Lipinski definition) is 4. The van der Waals surface area contributed by atoms with E-state index in [1.165, 1.54) is 11.3 Å². The molecule has 0 saturated heterocycles. The Morgan fingerprint density at radius 1 is 0.871 bits per heavy atom. The number of benzene rings is 2. The molecule has 0 spiro atoms. The van der Waals surface area contributed by atoms with Crippen LogP contribution < -0.4 is 21.3 Å². The molecule has 3 aromatic rings. The number of aryl methyl sites for hydroxylation is 1. The highest BCUT2D eigenvalue weighted by Gasteiger charge is 2.24. The maximum atomic E-state index is 12.7. The van der Waals surface area contributed by atoms with E-state index in [-0.39, 0.29) is 23.9 Å². The van der Waals surface area contributed by atoms with Gasteiger partial charge in [0, 0.05) is 23.0 Å². The van der Waals surface area contributed by atoms with Crippen molar-refractivity contribution in [2.75, 3.05) is 16.0 Å². The van der Waals surface area contributed by atoms with E-state index in [2.05, 4.69) is 21.3 Å². The van der Waals surface area contributed by atoms with Crippen LogP contribution in [-0.2, 0) is 0 Å². The van der Waals surface area contributed by atoms with Crippen LogP contribution in [0.4, 0.5) is 21.2 Å². The van der Waals surface area contributed by atoms with Crippen LogP contribution in [-0.4, -0.2) is 23.9 Å². The molecular formula is C23H22N4O3S. The van der Waals surface area contributed by atoms with Crippen LogP contribution in [0, 0.1) is 6.92 Å². The van der Waals surface area contributed by atoms with Gasteiger partial charge in [-0.15, -0.1) is 11.3 Å². The molecule has 0 aliphatic heterocycles. The molecule has 7 nitrogen and oxygen atoms in total. The average molecular weight is 435 g/mol. The van der Waals surface area contributed by atoms with Gasteiger partial charge >= 0.3 is 6.03 Å². The minimum absolute atomic E-state index is 0.134. The van der Waals surface area contributed by atoms with Gasteiger partial charge in [0.05, 0.1) is 9.88 Å². The summed E-state index contributed by atoms with van der Waals surface area (Å²) in [6.45, 7) is 1.87. The third-order valence-corrected chi connectivity index (χ3v) is 5.76. The Bertz CT molecular complexity index is 1120. The van der Waals surface area contributed by atoms with E-state index in [9.17, 15) is 14.4 Å². The summed E-state index contributed by atoms with van der Waals surface area (Å²) in [6.07, 6.45) is 2.03. The van der Waals surface area contributed by atoms with Crippen molar-refractivity contribution < 1.29 is 14.4 Å². The predicted molar refractivity (Wildman–Crippen MR) is 123 cm³/mol. The Balaban J connectivity index is 1.38. The zero-order valence-electron chi connectivity index (χ0n) is 16.9. The van der Waals surface area contributed by atoms with Gasteiger partial charge in [-0.2, -0.15) is 0 Å². The van der Waals surface area contributed by atoms with Gasteiger partial charge in [-0.25, -0.2) is 4.79 Å². The van der Waals surface area contributed by atoms with E-state index in [0.717, 1.165) is 18.4 Å². The number of nitrogens with one attached hydrogen (secondary N) is 4. The van der Waals surface area contributed by atoms with E-state index >= 15 is 0 Å². The average Bonchev–Trinajstić information content (AvgIpc) is 3.44. The predicted octanol–water partition coefficient (Wildman–Crippen LogP) is 4.85. The molecule has 8 heteroatoms. The van der Waals surface area contributed by atoms with Gasteiger partial charge in [-0.3, -0.25) is 14.9 Å². The standard InChI is InChI=1S/C23H22N4O3S/c1-14-7-8-15(21(28)24-17-9-10-17)13-18(14)26-22(29)19-11-12-20(31-19)27-23(30)25-16-5-3-2-4-6-16/h2-8,11-13,17H,9-10H2,1H3,(H,24,28)(H,26,29)(H2,25,27,30). The molecule has 4 rings (SSSR count). The molecule has 158 valence electrons. The second kappa shape index (κ2) is 9.01. The highest BCUT2D eigenvalue weighted by atomic mass is 32.1. The van der Waals surface area contributed by atoms with Crippen LogP contribution in [0.1, 0.15) is 38.4 Å². The van der Waals surface area contributed by atoms with Crippen molar-refractivity contribution in [2.45, 2.75) is 25.8 Å². The third-order valence-electron chi connectivity index (χ3n) is 4.76. The lowest BCUT2D eigenvalue weighted by atomic mass is 10.1. The Morgan fingerprint density at radius 2 is 1.65 bits per heavy atom. The van der Waals surface area contributed by atoms with E-state index < -0.39 is 0 Å². The fourth-order valence-electron chi connectivity index (χ4n) is 2.90. The first-order valence-corrected chi connectivity index (χ1v) is 10.8. The van der Waals surface area contributed by atoms with Gasteiger partial charge in [0.2, 0.25) is 0 Å². The summed E-state index contributed by atoms with van der Waals surface area (Å²) in [7, 11) is 0. The van der Waals surface area contributed by atoms with Crippen molar-refractivity contribution in [1.82, 2.24) is 5.32 Å². The highest BCUT2D eigenvalue weighted by Crippen LogP contribution is 2.25. The number of thiophene rings is 1. The van der Waals surface area contributed by atoms with Crippen LogP contribution in [0.2, 0.25) is 0 Å². The molecule has 1 fully saturated rings. The Hall–Kier alpha value is -3.65. The topological polar surface area (TPSA) is 99.3 Å². The zero-order valence-corrected chi connectivity index (χ0v) is 17.7. The number of amides is 4. The van der Waals surface area contributed by atoms with Gasteiger partial charge in [0.25, 0.3) is 11.8 Å². The molecular weight excluding hydrogens is 412 g/mol. The number of carbonyl (C=O) groups excluding carboxylic acids is 3. The lowest BCUT2D eigenvalue weighted by Gasteiger charge is -2.10. The molecule has 31 heavy (non-hydrogen) atoms. The number of hydrogen-bond donors (Lipinski definition) is 4. The van der Waals surface area contributed by atoms with Crippen molar-refractivity contribution in [3.63, 3.8) is 0 Å². The number of urea groups is 1. The molecule has 0 bridgehead atoms. The number of para-hydroxylation sites is 1. The molecule has 4 N–H and O–H groups in total. The minimum Gasteiger partial charge on any atom is -0.349 e. The first kappa shape index (κ1) is 20.6. The van der Waals surface area contributed by atoms with Gasteiger partial charge in [0.15, 0.2) is 0 Å². The smallest absolute Gasteiger partial charge is 0.324 e. The molecule has 1 aliphatic carbocycles. The summed E-state index contributed by atoms with van der Waals surface area (Å²) in [5, 5.41) is 11.8. The molecule has 0 atom stereocenters. The fourth-order valence-corrected chi connectivity index (χ4v) is 3.70. The first-order valence-electron chi connectivity index (χ1n) is 9.94. The molecule has 4 amide bonds. The van der Waals surface area contributed by atoms with E-state index in [4.69, 9.17) is 0 Å². The Kier molecular flexibility index (Phi) is 5.99. The summed E-state index contributed by atoms with van der Waals surface area (Å²) in [6, 6.07) is 17.6. The second-order valence-electron chi connectivity index (χ2n) is 7.34. The molecule has 0 unspecified atom stereocenters. The fraction of sp³-hybridized carbons (Fsp3) is 0.174. The minimum atomic E-state index is -0.384. The van der Waals surface area contributed by atoms with Crippen LogP contribution in [0.25, 0.3) is 0 Å². The molecule has 1 aliphatic rings. The summed E-state index contributed by atoms with van der Waals surface area (Å²) < 4.78 is 0. The van der Waals surface area contributed by atoms with Crippen molar-refractivity contribution in [1.29, 1.82) is 0 Å². The number of anilines is 3. The molecule has 2 aromatic carbocycles. The SMILES string of the molecule is Cc1ccc(C(=O)NC2CC2)cc1NC(=O)c1ccc(NC(=O)Nc2ccccc2)s1. The normalized spacial score (nSPS) is 12.7. The monoisotopic (exact) mass is 434 g/mol. The second-order valence-corrected chi connectivity index (χ2v) is 8.42. The maximum Gasteiger partial charge on any atom is 0.324 e. The summed E-state index contributed by atoms with van der Waals surface area (Å²) in [4.78, 5) is 37.6. The Morgan fingerprint density at radius 3 is 2.39 bits per heavy atom. The van der Waals surface area contributed by atoms with Crippen molar-refractivity contribution >= 4 is 45.6 Å². The molecule has 1 heterocycles. The largest absolute Gasteiger partial charge is 0.349 e. The molecule has 1 aromatic heterocycles.